The van der Waals surface area contributed by atoms with Crippen molar-refractivity contribution in [1.29, 1.82) is 0 Å². The molecule has 3 rings (SSSR count). The van der Waals surface area contributed by atoms with Crippen molar-refractivity contribution in [2.24, 2.45) is 0 Å². The van der Waals surface area contributed by atoms with Crippen molar-refractivity contribution in [1.82, 2.24) is 14.9 Å². The molecule has 0 radical (unpaired) electrons. The Labute approximate surface area is 146 Å². The number of aromatic nitrogens is 2. The van der Waals surface area contributed by atoms with E-state index in [0.717, 1.165) is 55.4 Å². The van der Waals surface area contributed by atoms with E-state index in [1.807, 2.05) is 30.8 Å². The average Bonchev–Trinajstić information content (AvgIpc) is 3.10. The third-order valence-electron chi connectivity index (χ3n) is 4.08. The smallest absolute Gasteiger partial charge is 0.187 e. The van der Waals surface area contributed by atoms with Gasteiger partial charge in [0.1, 0.15) is 5.82 Å². The van der Waals surface area contributed by atoms with Gasteiger partial charge in [-0.25, -0.2) is 14.4 Å². The molecular weight excluding hydrogens is 325 g/mol. The summed E-state index contributed by atoms with van der Waals surface area (Å²) in [6, 6.07) is 6.70. The molecule has 24 heavy (non-hydrogen) atoms. The lowest BCUT2D eigenvalue weighted by atomic mass is 10.1. The molecule has 1 fully saturated rings. The number of hydrogen-bond donors (Lipinski definition) is 0. The minimum atomic E-state index is -0.203. The topological polar surface area (TPSA) is 38.2 Å². The van der Waals surface area contributed by atoms with E-state index < -0.39 is 0 Å². The highest BCUT2D eigenvalue weighted by Gasteiger charge is 2.20. The van der Waals surface area contributed by atoms with Gasteiger partial charge in [-0.05, 0) is 36.8 Å². The Bertz CT molecular complexity index is 630. The first kappa shape index (κ1) is 17.3. The molecule has 0 N–H and O–H groups in total. The van der Waals surface area contributed by atoms with Crippen molar-refractivity contribution >= 4 is 11.8 Å². The van der Waals surface area contributed by atoms with Crippen molar-refractivity contribution in [3.05, 3.63) is 53.6 Å². The maximum absolute atomic E-state index is 13.1. The Morgan fingerprint density at radius 1 is 1.17 bits per heavy atom. The highest BCUT2D eigenvalue weighted by atomic mass is 32.2. The van der Waals surface area contributed by atoms with Gasteiger partial charge in [-0.15, -0.1) is 0 Å². The minimum Gasteiger partial charge on any atom is -0.377 e. The third-order valence-corrected chi connectivity index (χ3v) is 4.65. The van der Waals surface area contributed by atoms with Crippen LogP contribution in [0.5, 0.6) is 0 Å². The van der Waals surface area contributed by atoms with E-state index in [1.54, 1.807) is 0 Å². The van der Waals surface area contributed by atoms with Gasteiger partial charge in [-0.3, -0.25) is 4.90 Å². The van der Waals surface area contributed by atoms with E-state index in [0.29, 0.717) is 0 Å². The lowest BCUT2D eigenvalue weighted by Gasteiger charge is -2.25. The van der Waals surface area contributed by atoms with Crippen LogP contribution in [-0.4, -0.2) is 40.4 Å². The quantitative estimate of drug-likeness (QED) is 0.566. The number of nitrogens with zero attached hydrogens (tertiary/aromatic N) is 3. The Balaban J connectivity index is 1.68. The summed E-state index contributed by atoms with van der Waals surface area (Å²) in [6.45, 7) is 3.22. The molecule has 1 aromatic carbocycles. The van der Waals surface area contributed by atoms with Crippen LogP contribution in [0.2, 0.25) is 0 Å². The lowest BCUT2D eigenvalue weighted by Crippen LogP contribution is -2.31. The fourth-order valence-electron chi connectivity index (χ4n) is 2.90. The standard InChI is InChI=1S/C18H22FN3OS/c1-24-18-20-9-15(10-21-18)12-22(13-17-3-2-8-23-17)11-14-4-6-16(19)7-5-14/h4-7,9-10,17H,2-3,8,11-13H2,1H3/t17-/m0/s1. The van der Waals surface area contributed by atoms with Crippen LogP contribution < -0.4 is 0 Å². The summed E-state index contributed by atoms with van der Waals surface area (Å²) in [4.78, 5) is 11.0. The van der Waals surface area contributed by atoms with Crippen LogP contribution in [-0.2, 0) is 17.8 Å². The first-order chi connectivity index (χ1) is 11.7. The molecule has 1 saturated heterocycles. The predicted octanol–water partition coefficient (Wildman–Crippen LogP) is 3.52. The monoisotopic (exact) mass is 347 g/mol. The summed E-state index contributed by atoms with van der Waals surface area (Å²) < 4.78 is 18.9. The largest absolute Gasteiger partial charge is 0.377 e. The number of rotatable bonds is 7. The van der Waals surface area contributed by atoms with Gasteiger partial charge >= 0.3 is 0 Å². The molecule has 0 aliphatic carbocycles. The molecule has 2 heterocycles. The molecule has 0 amide bonds. The van der Waals surface area contributed by atoms with Gasteiger partial charge in [0.25, 0.3) is 0 Å². The molecule has 0 spiro atoms. The maximum atomic E-state index is 13.1. The van der Waals surface area contributed by atoms with Gasteiger partial charge in [-0.2, -0.15) is 0 Å². The van der Waals surface area contributed by atoms with Crippen LogP contribution in [0.1, 0.15) is 24.0 Å². The van der Waals surface area contributed by atoms with Crippen LogP contribution in [0.3, 0.4) is 0 Å². The SMILES string of the molecule is CSc1ncc(CN(Cc2ccc(F)cc2)C[C@@H]2CCCO2)cn1. The van der Waals surface area contributed by atoms with Crippen molar-refractivity contribution in [3.63, 3.8) is 0 Å². The zero-order chi connectivity index (χ0) is 16.8. The number of benzene rings is 1. The van der Waals surface area contributed by atoms with E-state index >= 15 is 0 Å². The van der Waals surface area contributed by atoms with E-state index in [1.165, 1.54) is 23.9 Å². The van der Waals surface area contributed by atoms with Crippen molar-refractivity contribution < 1.29 is 9.13 Å². The molecule has 128 valence electrons. The van der Waals surface area contributed by atoms with E-state index in [-0.39, 0.29) is 11.9 Å². The fraction of sp³-hybridized carbons (Fsp3) is 0.444. The van der Waals surface area contributed by atoms with Gasteiger partial charge in [0, 0.05) is 44.2 Å². The van der Waals surface area contributed by atoms with E-state index in [9.17, 15) is 4.39 Å². The van der Waals surface area contributed by atoms with Crippen LogP contribution in [0.25, 0.3) is 0 Å². The molecule has 2 aromatic rings. The molecule has 1 aliphatic heterocycles. The summed E-state index contributed by atoms with van der Waals surface area (Å²) in [6.07, 6.45) is 8.23. The number of ether oxygens (including phenoxy) is 1. The van der Waals surface area contributed by atoms with Gasteiger partial charge < -0.3 is 4.74 Å². The maximum Gasteiger partial charge on any atom is 0.187 e. The molecule has 0 unspecified atom stereocenters. The second-order valence-corrected chi connectivity index (χ2v) is 6.78. The van der Waals surface area contributed by atoms with Gasteiger partial charge in [0.2, 0.25) is 0 Å². The first-order valence-corrected chi connectivity index (χ1v) is 9.39. The summed E-state index contributed by atoms with van der Waals surface area (Å²) in [5.41, 5.74) is 2.17. The second kappa shape index (κ2) is 8.55. The van der Waals surface area contributed by atoms with Crippen molar-refractivity contribution in [2.75, 3.05) is 19.4 Å². The molecule has 0 bridgehead atoms. The molecule has 6 heteroatoms. The molecule has 1 aromatic heterocycles. The zero-order valence-corrected chi connectivity index (χ0v) is 14.6. The van der Waals surface area contributed by atoms with Gasteiger partial charge in [-0.1, -0.05) is 23.9 Å². The molecule has 1 aliphatic rings. The minimum absolute atomic E-state index is 0.203. The Hall–Kier alpha value is -1.50. The molecule has 1 atom stereocenters. The Morgan fingerprint density at radius 3 is 2.50 bits per heavy atom. The van der Waals surface area contributed by atoms with Gasteiger partial charge in [0.05, 0.1) is 6.10 Å². The zero-order valence-electron chi connectivity index (χ0n) is 13.8. The van der Waals surface area contributed by atoms with E-state index in [2.05, 4.69) is 14.9 Å². The van der Waals surface area contributed by atoms with Crippen LogP contribution in [0.15, 0.2) is 41.8 Å². The van der Waals surface area contributed by atoms with Crippen molar-refractivity contribution in [3.8, 4) is 0 Å². The molecule has 0 saturated carbocycles. The average molecular weight is 347 g/mol. The van der Waals surface area contributed by atoms with Crippen LogP contribution >= 0.6 is 11.8 Å². The highest BCUT2D eigenvalue weighted by Crippen LogP contribution is 2.17. The predicted molar refractivity (Wildman–Crippen MR) is 93.3 cm³/mol. The number of thioether (sulfide) groups is 1. The van der Waals surface area contributed by atoms with E-state index in [4.69, 9.17) is 4.74 Å². The second-order valence-electron chi connectivity index (χ2n) is 6.01. The van der Waals surface area contributed by atoms with Crippen LogP contribution in [0, 0.1) is 5.82 Å². The number of halogens is 1. The summed E-state index contributed by atoms with van der Waals surface area (Å²) in [5, 5.41) is 0.781. The van der Waals surface area contributed by atoms with Crippen LogP contribution in [0.4, 0.5) is 4.39 Å². The normalized spacial score (nSPS) is 17.5. The van der Waals surface area contributed by atoms with Gasteiger partial charge in [0.15, 0.2) is 5.16 Å². The Morgan fingerprint density at radius 2 is 1.88 bits per heavy atom. The highest BCUT2D eigenvalue weighted by molar-refractivity contribution is 7.98. The Kier molecular flexibility index (Phi) is 6.18. The molecular formula is C18H22FN3OS. The summed E-state index contributed by atoms with van der Waals surface area (Å²) >= 11 is 1.54. The number of hydrogen-bond acceptors (Lipinski definition) is 5. The van der Waals surface area contributed by atoms with Crippen molar-refractivity contribution in [2.45, 2.75) is 37.2 Å². The first-order valence-electron chi connectivity index (χ1n) is 8.16. The summed E-state index contributed by atoms with van der Waals surface area (Å²) in [7, 11) is 0. The third kappa shape index (κ3) is 5.00. The molecule has 4 nitrogen and oxygen atoms in total. The summed E-state index contributed by atoms with van der Waals surface area (Å²) in [5.74, 6) is -0.203. The fourth-order valence-corrected chi connectivity index (χ4v) is 3.21. The lowest BCUT2D eigenvalue weighted by molar-refractivity contribution is 0.0678.